The van der Waals surface area contributed by atoms with Gasteiger partial charge in [-0.2, -0.15) is 5.10 Å². The van der Waals surface area contributed by atoms with Crippen LogP contribution in [-0.4, -0.2) is 44.6 Å². The zero-order chi connectivity index (χ0) is 24.2. The summed E-state index contributed by atoms with van der Waals surface area (Å²) < 4.78 is 7.17. The van der Waals surface area contributed by atoms with Gasteiger partial charge in [0.15, 0.2) is 5.69 Å². The Morgan fingerprint density at radius 2 is 2.12 bits per heavy atom. The van der Waals surface area contributed by atoms with Crippen LogP contribution in [0, 0.1) is 0 Å². The average Bonchev–Trinajstić information content (AvgIpc) is 3.20. The smallest absolute Gasteiger partial charge is 0.269 e. The van der Waals surface area contributed by atoms with Crippen LogP contribution in [0.1, 0.15) is 40.6 Å². The Bertz CT molecular complexity index is 1230. The molecule has 1 fully saturated rings. The fraction of sp³-hybridized carbons (Fsp3) is 0.250. The first-order valence-electron chi connectivity index (χ1n) is 10.8. The number of ether oxygens (including phenoxy) is 1. The maximum Gasteiger partial charge on any atom is 0.269 e. The Balaban J connectivity index is 1.62. The van der Waals surface area contributed by atoms with Crippen molar-refractivity contribution in [3.8, 4) is 11.4 Å². The van der Waals surface area contributed by atoms with Crippen molar-refractivity contribution in [1.82, 2.24) is 19.7 Å². The number of carbonyl (C=O) groups excluding carboxylic acids is 2. The molecular weight excluding hydrogens is 456 g/mol. The van der Waals surface area contributed by atoms with Gasteiger partial charge in [0.1, 0.15) is 12.4 Å². The van der Waals surface area contributed by atoms with E-state index in [1.165, 1.54) is 10.8 Å². The van der Waals surface area contributed by atoms with Crippen LogP contribution in [-0.2, 0) is 11.4 Å². The number of nitrogens with zero attached hydrogens (tertiary/aromatic N) is 4. The van der Waals surface area contributed by atoms with Crippen molar-refractivity contribution >= 4 is 29.1 Å². The molecule has 9 nitrogen and oxygen atoms in total. The molecule has 4 rings (SSSR count). The van der Waals surface area contributed by atoms with E-state index in [0.717, 1.165) is 18.5 Å². The molecule has 0 bridgehead atoms. The third-order valence-electron chi connectivity index (χ3n) is 5.74. The predicted molar refractivity (Wildman–Crippen MR) is 129 cm³/mol. The zero-order valence-corrected chi connectivity index (χ0v) is 19.2. The molecule has 1 aromatic carbocycles. The van der Waals surface area contributed by atoms with Crippen LogP contribution in [0.3, 0.4) is 0 Å². The van der Waals surface area contributed by atoms with E-state index >= 15 is 0 Å². The van der Waals surface area contributed by atoms with E-state index in [2.05, 4.69) is 16.7 Å². The van der Waals surface area contributed by atoms with Gasteiger partial charge in [0.2, 0.25) is 5.91 Å². The Morgan fingerprint density at radius 1 is 1.29 bits per heavy atom. The van der Waals surface area contributed by atoms with Crippen LogP contribution in [0.15, 0.2) is 55.3 Å². The highest BCUT2D eigenvalue weighted by Crippen LogP contribution is 2.34. The van der Waals surface area contributed by atoms with Crippen molar-refractivity contribution in [3.05, 3.63) is 77.4 Å². The molecule has 0 saturated carbocycles. The lowest BCUT2D eigenvalue weighted by Crippen LogP contribution is -2.38. The normalized spacial score (nSPS) is 15.7. The molecule has 4 N–H and O–H groups in total. The second-order valence-electron chi connectivity index (χ2n) is 7.98. The SMILES string of the molecule is C=CC(=O)N1CCCC(c2nn(-c3ccc(OCc4ccccn4)c(Cl)c3)c(C(N)=O)c2N)C1. The number of aromatic nitrogens is 3. The van der Waals surface area contributed by atoms with Crippen LogP contribution in [0.4, 0.5) is 5.69 Å². The standard InChI is InChI=1S/C24H25ClN6O3/c1-2-20(32)30-11-5-6-15(13-30)22-21(26)23(24(27)33)31(29-22)17-8-9-19(18(25)12-17)34-14-16-7-3-4-10-28-16/h2-4,7-10,12,15H,1,5-6,11,13-14,26H2,(H2,27,33). The van der Waals surface area contributed by atoms with E-state index in [4.69, 9.17) is 27.8 Å². The third kappa shape index (κ3) is 4.74. The van der Waals surface area contributed by atoms with Crippen molar-refractivity contribution in [2.24, 2.45) is 5.73 Å². The number of pyridine rings is 1. The van der Waals surface area contributed by atoms with E-state index in [0.29, 0.717) is 35.2 Å². The highest BCUT2D eigenvalue weighted by Gasteiger charge is 2.30. The fourth-order valence-electron chi connectivity index (χ4n) is 4.08. The lowest BCUT2D eigenvalue weighted by molar-refractivity contribution is -0.127. The second kappa shape index (κ2) is 9.96. The number of nitrogens with two attached hydrogens (primary N) is 2. The number of hydrogen-bond donors (Lipinski definition) is 2. The van der Waals surface area contributed by atoms with Gasteiger partial charge in [0, 0.05) is 25.2 Å². The minimum absolute atomic E-state index is 0.0698. The lowest BCUT2D eigenvalue weighted by atomic mass is 9.93. The lowest BCUT2D eigenvalue weighted by Gasteiger charge is -2.31. The monoisotopic (exact) mass is 480 g/mol. The minimum atomic E-state index is -0.710. The number of nitrogen functional groups attached to an aromatic ring is 1. The summed E-state index contributed by atoms with van der Waals surface area (Å²) in [4.78, 5) is 30.3. The van der Waals surface area contributed by atoms with Gasteiger partial charge >= 0.3 is 0 Å². The second-order valence-corrected chi connectivity index (χ2v) is 8.38. The van der Waals surface area contributed by atoms with Crippen LogP contribution < -0.4 is 16.2 Å². The maximum absolute atomic E-state index is 12.3. The van der Waals surface area contributed by atoms with Crippen molar-refractivity contribution in [2.75, 3.05) is 18.8 Å². The molecular formula is C24H25ClN6O3. The number of anilines is 1. The summed E-state index contributed by atoms with van der Waals surface area (Å²) >= 11 is 6.46. The number of halogens is 1. The number of likely N-dealkylation sites (tertiary alicyclic amines) is 1. The van der Waals surface area contributed by atoms with Gasteiger partial charge in [0.25, 0.3) is 5.91 Å². The van der Waals surface area contributed by atoms with Crippen molar-refractivity contribution in [3.63, 3.8) is 0 Å². The van der Waals surface area contributed by atoms with Gasteiger partial charge < -0.3 is 21.1 Å². The number of primary amides is 1. The molecule has 2 amide bonds. The van der Waals surface area contributed by atoms with E-state index in [-0.39, 0.29) is 29.8 Å². The van der Waals surface area contributed by atoms with E-state index in [9.17, 15) is 9.59 Å². The van der Waals surface area contributed by atoms with Crippen LogP contribution in [0.2, 0.25) is 5.02 Å². The number of amides is 2. The number of carbonyl (C=O) groups is 2. The van der Waals surface area contributed by atoms with Crippen molar-refractivity contribution in [1.29, 1.82) is 0 Å². The predicted octanol–water partition coefficient (Wildman–Crippen LogP) is 3.07. The number of piperidine rings is 1. The number of benzene rings is 1. The minimum Gasteiger partial charge on any atom is -0.486 e. The largest absolute Gasteiger partial charge is 0.486 e. The fourth-order valence-corrected chi connectivity index (χ4v) is 4.31. The molecule has 0 radical (unpaired) electrons. The summed E-state index contributed by atoms with van der Waals surface area (Å²) in [7, 11) is 0. The molecule has 10 heteroatoms. The van der Waals surface area contributed by atoms with Crippen molar-refractivity contribution in [2.45, 2.75) is 25.4 Å². The quantitative estimate of drug-likeness (QED) is 0.500. The molecule has 3 heterocycles. The molecule has 1 aliphatic heterocycles. The van der Waals surface area contributed by atoms with Crippen LogP contribution >= 0.6 is 11.6 Å². The molecule has 0 spiro atoms. The van der Waals surface area contributed by atoms with E-state index < -0.39 is 5.91 Å². The maximum atomic E-state index is 12.3. The topological polar surface area (TPSA) is 129 Å². The molecule has 1 saturated heterocycles. The molecule has 1 unspecified atom stereocenters. The summed E-state index contributed by atoms with van der Waals surface area (Å²) in [6.07, 6.45) is 4.55. The molecule has 34 heavy (non-hydrogen) atoms. The summed E-state index contributed by atoms with van der Waals surface area (Å²) in [6.45, 7) is 4.89. The summed E-state index contributed by atoms with van der Waals surface area (Å²) in [5, 5.41) is 4.96. The highest BCUT2D eigenvalue weighted by molar-refractivity contribution is 6.32. The molecule has 1 aliphatic rings. The van der Waals surface area contributed by atoms with Gasteiger partial charge in [-0.25, -0.2) is 4.68 Å². The summed E-state index contributed by atoms with van der Waals surface area (Å²) in [5.74, 6) is -0.528. The van der Waals surface area contributed by atoms with Crippen LogP contribution in [0.25, 0.3) is 5.69 Å². The van der Waals surface area contributed by atoms with Gasteiger partial charge in [-0.1, -0.05) is 24.2 Å². The Kier molecular flexibility index (Phi) is 6.83. The van der Waals surface area contributed by atoms with Gasteiger partial charge in [-0.15, -0.1) is 0 Å². The molecule has 3 aromatic rings. The first-order chi connectivity index (χ1) is 16.4. The third-order valence-corrected chi connectivity index (χ3v) is 6.04. The molecule has 1 atom stereocenters. The number of hydrogen-bond acceptors (Lipinski definition) is 6. The average molecular weight is 481 g/mol. The van der Waals surface area contributed by atoms with E-state index in [1.54, 1.807) is 29.3 Å². The zero-order valence-electron chi connectivity index (χ0n) is 18.5. The first-order valence-corrected chi connectivity index (χ1v) is 11.2. The van der Waals surface area contributed by atoms with Gasteiger partial charge in [0.05, 0.1) is 27.8 Å². The molecule has 2 aromatic heterocycles. The van der Waals surface area contributed by atoms with Gasteiger partial charge in [-0.3, -0.25) is 14.6 Å². The Labute approximate surface area is 202 Å². The summed E-state index contributed by atoms with van der Waals surface area (Å²) in [6, 6.07) is 10.6. The number of rotatable bonds is 7. The molecule has 0 aliphatic carbocycles. The Morgan fingerprint density at radius 3 is 2.79 bits per heavy atom. The van der Waals surface area contributed by atoms with Gasteiger partial charge in [-0.05, 0) is 49.2 Å². The summed E-state index contributed by atoms with van der Waals surface area (Å²) in [5.41, 5.74) is 14.1. The highest BCUT2D eigenvalue weighted by atomic mass is 35.5. The van der Waals surface area contributed by atoms with Crippen molar-refractivity contribution < 1.29 is 14.3 Å². The Hall–Kier alpha value is -3.85. The van der Waals surface area contributed by atoms with E-state index in [1.807, 2.05) is 18.2 Å². The molecule has 176 valence electrons. The van der Waals surface area contributed by atoms with Crippen LogP contribution in [0.5, 0.6) is 5.75 Å². The first kappa shape index (κ1) is 23.3.